The molecule has 23 heavy (non-hydrogen) atoms. The molecule has 2 aromatic heterocycles. The highest BCUT2D eigenvalue weighted by Crippen LogP contribution is 2.29. The minimum absolute atomic E-state index is 0.0119. The van der Waals surface area contributed by atoms with Crippen molar-refractivity contribution in [1.29, 1.82) is 0 Å². The van der Waals surface area contributed by atoms with E-state index in [1.165, 1.54) is 10.4 Å². The fourth-order valence-electron chi connectivity index (χ4n) is 2.52. The van der Waals surface area contributed by atoms with Gasteiger partial charge in [0, 0.05) is 11.3 Å². The number of nitrogens with one attached hydrogen (secondary N) is 1. The Labute approximate surface area is 140 Å². The van der Waals surface area contributed by atoms with Crippen LogP contribution in [0.4, 0.5) is 5.82 Å². The van der Waals surface area contributed by atoms with Crippen LogP contribution >= 0.6 is 11.3 Å². The van der Waals surface area contributed by atoms with Gasteiger partial charge in [0.15, 0.2) is 0 Å². The monoisotopic (exact) mass is 327 g/mol. The molecule has 120 valence electrons. The number of thiophene rings is 1. The smallest absolute Gasteiger partial charge is 0.138 e. The Morgan fingerprint density at radius 1 is 1.22 bits per heavy atom. The summed E-state index contributed by atoms with van der Waals surface area (Å²) < 4.78 is 0. The summed E-state index contributed by atoms with van der Waals surface area (Å²) in [6.07, 6.45) is 1.55. The molecule has 0 amide bonds. The third-order valence-corrected chi connectivity index (χ3v) is 4.77. The largest absolute Gasteiger partial charge is 0.394 e. The Morgan fingerprint density at radius 2 is 2.00 bits per heavy atom. The zero-order valence-corrected chi connectivity index (χ0v) is 14.2. The molecule has 0 aliphatic heterocycles. The van der Waals surface area contributed by atoms with Gasteiger partial charge in [-0.1, -0.05) is 37.3 Å². The molecule has 0 saturated heterocycles. The predicted octanol–water partition coefficient (Wildman–Crippen LogP) is 3.77. The standard InChI is InChI=1S/C18H21N3OS/c1-3-14(11-22)19-17-15-9-12(2)23-18(15)21-16(20-17)10-13-7-5-4-6-8-13/h4-9,14,22H,3,10-11H2,1-2H3,(H,19,20,21). The Balaban J connectivity index is 1.99. The van der Waals surface area contributed by atoms with E-state index in [9.17, 15) is 5.11 Å². The second-order valence-corrected chi connectivity index (χ2v) is 6.89. The van der Waals surface area contributed by atoms with Crippen molar-refractivity contribution in [2.45, 2.75) is 32.7 Å². The molecular weight excluding hydrogens is 306 g/mol. The van der Waals surface area contributed by atoms with Crippen molar-refractivity contribution >= 4 is 27.4 Å². The van der Waals surface area contributed by atoms with Gasteiger partial charge in [0.2, 0.25) is 0 Å². The highest BCUT2D eigenvalue weighted by molar-refractivity contribution is 7.18. The van der Waals surface area contributed by atoms with Crippen LogP contribution in [0.2, 0.25) is 0 Å². The normalized spacial score (nSPS) is 12.5. The topological polar surface area (TPSA) is 58.0 Å². The number of rotatable bonds is 6. The van der Waals surface area contributed by atoms with Gasteiger partial charge >= 0.3 is 0 Å². The van der Waals surface area contributed by atoms with Crippen molar-refractivity contribution in [3.05, 3.63) is 52.7 Å². The van der Waals surface area contributed by atoms with Crippen LogP contribution in [-0.2, 0) is 6.42 Å². The molecule has 1 atom stereocenters. The van der Waals surface area contributed by atoms with Gasteiger partial charge < -0.3 is 10.4 Å². The van der Waals surface area contributed by atoms with E-state index in [0.717, 1.165) is 28.3 Å². The predicted molar refractivity (Wildman–Crippen MR) is 96.2 cm³/mol. The van der Waals surface area contributed by atoms with E-state index in [4.69, 9.17) is 9.97 Å². The summed E-state index contributed by atoms with van der Waals surface area (Å²) >= 11 is 1.68. The number of nitrogens with zero attached hydrogens (tertiary/aromatic N) is 2. The maximum Gasteiger partial charge on any atom is 0.138 e. The van der Waals surface area contributed by atoms with Gasteiger partial charge in [-0.2, -0.15) is 0 Å². The number of fused-ring (bicyclic) bond motifs is 1. The van der Waals surface area contributed by atoms with Crippen LogP contribution in [0.1, 0.15) is 29.6 Å². The van der Waals surface area contributed by atoms with Crippen molar-refractivity contribution < 1.29 is 5.11 Å². The lowest BCUT2D eigenvalue weighted by Crippen LogP contribution is -2.23. The van der Waals surface area contributed by atoms with Crippen LogP contribution in [0.25, 0.3) is 10.2 Å². The highest BCUT2D eigenvalue weighted by Gasteiger charge is 2.14. The van der Waals surface area contributed by atoms with Crippen molar-refractivity contribution in [1.82, 2.24) is 9.97 Å². The number of hydrogen-bond donors (Lipinski definition) is 2. The lowest BCUT2D eigenvalue weighted by Gasteiger charge is -2.16. The Morgan fingerprint density at radius 3 is 2.70 bits per heavy atom. The molecule has 2 N–H and O–H groups in total. The lowest BCUT2D eigenvalue weighted by molar-refractivity contribution is 0.271. The van der Waals surface area contributed by atoms with E-state index in [-0.39, 0.29) is 12.6 Å². The first-order valence-electron chi connectivity index (χ1n) is 7.88. The molecule has 0 radical (unpaired) electrons. The van der Waals surface area contributed by atoms with E-state index in [0.29, 0.717) is 6.42 Å². The van der Waals surface area contributed by atoms with Gasteiger partial charge in [-0.05, 0) is 25.0 Å². The van der Waals surface area contributed by atoms with Crippen molar-refractivity contribution in [2.75, 3.05) is 11.9 Å². The molecule has 2 heterocycles. The highest BCUT2D eigenvalue weighted by atomic mass is 32.1. The fraction of sp³-hybridized carbons (Fsp3) is 0.333. The van der Waals surface area contributed by atoms with Crippen molar-refractivity contribution in [2.24, 2.45) is 0 Å². The molecule has 4 nitrogen and oxygen atoms in total. The third-order valence-electron chi connectivity index (χ3n) is 3.82. The second-order valence-electron chi connectivity index (χ2n) is 5.66. The van der Waals surface area contributed by atoms with Crippen LogP contribution in [0.3, 0.4) is 0 Å². The molecule has 0 fully saturated rings. The quantitative estimate of drug-likeness (QED) is 0.723. The average molecular weight is 327 g/mol. The molecular formula is C18H21N3OS. The molecule has 0 aliphatic rings. The van der Waals surface area contributed by atoms with E-state index >= 15 is 0 Å². The first-order valence-corrected chi connectivity index (χ1v) is 8.69. The van der Waals surface area contributed by atoms with Crippen molar-refractivity contribution in [3.63, 3.8) is 0 Å². The molecule has 5 heteroatoms. The number of hydrogen-bond acceptors (Lipinski definition) is 5. The molecule has 0 spiro atoms. The molecule has 1 aromatic carbocycles. The van der Waals surface area contributed by atoms with E-state index < -0.39 is 0 Å². The van der Waals surface area contributed by atoms with Gasteiger partial charge in [-0.25, -0.2) is 9.97 Å². The molecule has 3 rings (SSSR count). The molecule has 0 bridgehead atoms. The van der Waals surface area contributed by atoms with Gasteiger partial charge in [-0.3, -0.25) is 0 Å². The second kappa shape index (κ2) is 7.06. The lowest BCUT2D eigenvalue weighted by atomic mass is 10.1. The van der Waals surface area contributed by atoms with Crippen LogP contribution < -0.4 is 5.32 Å². The molecule has 0 aliphatic carbocycles. The van der Waals surface area contributed by atoms with Gasteiger partial charge in [0.05, 0.1) is 18.0 Å². The van der Waals surface area contributed by atoms with Crippen LogP contribution in [0, 0.1) is 6.92 Å². The van der Waals surface area contributed by atoms with Gasteiger partial charge in [0.1, 0.15) is 16.5 Å². The maximum absolute atomic E-state index is 9.47. The summed E-state index contributed by atoms with van der Waals surface area (Å²) in [6.45, 7) is 4.23. The number of aryl methyl sites for hydroxylation is 1. The Bertz CT molecular complexity index is 782. The third kappa shape index (κ3) is 3.68. The summed E-state index contributed by atoms with van der Waals surface area (Å²) in [5.41, 5.74) is 1.19. The van der Waals surface area contributed by atoms with Crippen molar-refractivity contribution in [3.8, 4) is 0 Å². The SMILES string of the molecule is CCC(CO)Nc1nc(Cc2ccccc2)nc2sc(C)cc12. The summed E-state index contributed by atoms with van der Waals surface area (Å²) in [6, 6.07) is 12.4. The first-order chi connectivity index (χ1) is 11.2. The molecule has 3 aromatic rings. The summed E-state index contributed by atoms with van der Waals surface area (Å²) in [4.78, 5) is 11.6. The number of benzene rings is 1. The maximum atomic E-state index is 9.47. The zero-order valence-electron chi connectivity index (χ0n) is 13.4. The fourth-order valence-corrected chi connectivity index (χ4v) is 3.42. The van der Waals surface area contributed by atoms with Gasteiger partial charge in [0.25, 0.3) is 0 Å². The number of aliphatic hydroxyl groups excluding tert-OH is 1. The minimum Gasteiger partial charge on any atom is -0.394 e. The minimum atomic E-state index is 0.0119. The van der Waals surface area contributed by atoms with E-state index in [1.807, 2.05) is 18.2 Å². The molecule has 1 unspecified atom stereocenters. The number of aromatic nitrogens is 2. The zero-order chi connectivity index (χ0) is 16.2. The van der Waals surface area contributed by atoms with Crippen LogP contribution in [0.5, 0.6) is 0 Å². The number of anilines is 1. The summed E-state index contributed by atoms with van der Waals surface area (Å²) in [7, 11) is 0. The molecule has 0 saturated carbocycles. The van der Waals surface area contributed by atoms with E-state index in [2.05, 4.69) is 37.4 Å². The van der Waals surface area contributed by atoms with E-state index in [1.54, 1.807) is 11.3 Å². The summed E-state index contributed by atoms with van der Waals surface area (Å²) in [5.74, 6) is 1.63. The Kier molecular flexibility index (Phi) is 4.88. The van der Waals surface area contributed by atoms with Crippen LogP contribution in [-0.4, -0.2) is 27.7 Å². The first kappa shape index (κ1) is 15.9. The Hall–Kier alpha value is -1.98. The van der Waals surface area contributed by atoms with Crippen LogP contribution in [0.15, 0.2) is 36.4 Å². The average Bonchev–Trinajstić information content (AvgIpc) is 2.94. The summed E-state index contributed by atoms with van der Waals surface area (Å²) in [5, 5.41) is 13.9. The van der Waals surface area contributed by atoms with Gasteiger partial charge in [-0.15, -0.1) is 11.3 Å². The number of aliphatic hydroxyl groups is 1.